The summed E-state index contributed by atoms with van der Waals surface area (Å²) in [4.78, 5) is 14.9. The third kappa shape index (κ3) is 4.47. The van der Waals surface area contributed by atoms with Gasteiger partial charge in [0, 0.05) is 13.0 Å². The maximum atomic E-state index is 13.0. The van der Waals surface area contributed by atoms with Crippen molar-refractivity contribution in [3.63, 3.8) is 0 Å². The van der Waals surface area contributed by atoms with Gasteiger partial charge in [0.2, 0.25) is 0 Å². The van der Waals surface area contributed by atoms with Crippen LogP contribution < -0.4 is 15.0 Å². The molecule has 1 saturated heterocycles. The normalized spacial score (nSPS) is 18.0. The molecule has 170 valence electrons. The van der Waals surface area contributed by atoms with Gasteiger partial charge in [0.1, 0.15) is 16.5 Å². The van der Waals surface area contributed by atoms with Gasteiger partial charge in [-0.3, -0.25) is 4.79 Å². The maximum absolute atomic E-state index is 13.0. The Labute approximate surface area is 193 Å². The number of rotatable bonds is 5. The van der Waals surface area contributed by atoms with E-state index in [1.54, 1.807) is 6.07 Å². The number of fused-ring (bicyclic) bond motifs is 3. The standard InChI is InChI=1S/C23H26ClN3O4S/c1-3-31-17-10-8-16(9-11-17)15(2)25-23(28)18-13-21-20(14-19(18)24)27-12-6-4-5-7-22(27)26-32(21,29)30/h8-11,13-15H,3-7,12H2,1-2H3,(H,25,28)/t15-/m0/s1. The number of carbonyl (C=O) groups excluding carboxylic acids is 1. The van der Waals surface area contributed by atoms with E-state index >= 15 is 0 Å². The number of amides is 1. The number of hydrogen-bond acceptors (Lipinski definition) is 5. The lowest BCUT2D eigenvalue weighted by molar-refractivity contribution is 0.0940. The number of sulfonamides is 1. The molecular formula is C23H26ClN3O4S. The highest BCUT2D eigenvalue weighted by molar-refractivity contribution is 7.90. The van der Waals surface area contributed by atoms with Crippen LogP contribution >= 0.6 is 11.6 Å². The third-order valence-electron chi connectivity index (χ3n) is 5.72. The molecule has 2 aliphatic rings. The lowest BCUT2D eigenvalue weighted by Crippen LogP contribution is -2.35. The van der Waals surface area contributed by atoms with Crippen molar-refractivity contribution in [2.75, 3.05) is 18.1 Å². The summed E-state index contributed by atoms with van der Waals surface area (Å²) in [7, 11) is -3.90. The molecule has 1 fully saturated rings. The molecule has 2 heterocycles. The zero-order valence-corrected chi connectivity index (χ0v) is 19.7. The summed E-state index contributed by atoms with van der Waals surface area (Å²) in [6.07, 6.45) is 3.47. The van der Waals surface area contributed by atoms with Gasteiger partial charge in [-0.25, -0.2) is 0 Å². The van der Waals surface area contributed by atoms with Crippen LogP contribution in [0.15, 0.2) is 45.7 Å². The maximum Gasteiger partial charge on any atom is 0.286 e. The molecule has 1 atom stereocenters. The Kier molecular flexibility index (Phi) is 6.44. The lowest BCUT2D eigenvalue weighted by Gasteiger charge is -2.30. The summed E-state index contributed by atoms with van der Waals surface area (Å²) in [6, 6.07) is 10.1. The number of halogens is 1. The molecule has 2 aliphatic heterocycles. The van der Waals surface area contributed by atoms with Gasteiger partial charge < -0.3 is 15.0 Å². The third-order valence-corrected chi connectivity index (χ3v) is 7.37. The minimum Gasteiger partial charge on any atom is -0.494 e. The molecule has 7 nitrogen and oxygen atoms in total. The molecule has 2 aromatic rings. The molecule has 0 bridgehead atoms. The van der Waals surface area contributed by atoms with E-state index in [1.165, 1.54) is 6.07 Å². The molecule has 32 heavy (non-hydrogen) atoms. The summed E-state index contributed by atoms with van der Waals surface area (Å²) in [6.45, 7) is 5.02. The van der Waals surface area contributed by atoms with Gasteiger partial charge in [-0.05, 0) is 56.5 Å². The Hall–Kier alpha value is -2.58. The van der Waals surface area contributed by atoms with Crippen molar-refractivity contribution in [3.8, 4) is 5.75 Å². The number of nitrogens with one attached hydrogen (secondary N) is 1. The van der Waals surface area contributed by atoms with Crippen LogP contribution in [0, 0.1) is 0 Å². The molecule has 9 heteroatoms. The average Bonchev–Trinajstić information content (AvgIpc) is 2.99. The van der Waals surface area contributed by atoms with Crippen LogP contribution in [0.4, 0.5) is 5.69 Å². The zero-order valence-electron chi connectivity index (χ0n) is 18.1. The van der Waals surface area contributed by atoms with Crippen LogP contribution in [-0.2, 0) is 10.0 Å². The fourth-order valence-corrected chi connectivity index (χ4v) is 5.56. The van der Waals surface area contributed by atoms with Gasteiger partial charge in [-0.1, -0.05) is 30.2 Å². The van der Waals surface area contributed by atoms with E-state index in [2.05, 4.69) is 9.71 Å². The van der Waals surface area contributed by atoms with Crippen LogP contribution in [0.1, 0.15) is 61.5 Å². The van der Waals surface area contributed by atoms with Crippen molar-refractivity contribution in [1.82, 2.24) is 5.32 Å². The summed E-state index contributed by atoms with van der Waals surface area (Å²) in [5.41, 5.74) is 1.50. The second kappa shape index (κ2) is 9.11. The summed E-state index contributed by atoms with van der Waals surface area (Å²) >= 11 is 6.47. The molecule has 4 rings (SSSR count). The van der Waals surface area contributed by atoms with Crippen molar-refractivity contribution in [1.29, 1.82) is 0 Å². The largest absolute Gasteiger partial charge is 0.494 e. The van der Waals surface area contributed by atoms with Gasteiger partial charge in [0.05, 0.1) is 28.9 Å². The Morgan fingerprint density at radius 1 is 1.22 bits per heavy atom. The van der Waals surface area contributed by atoms with Crippen LogP contribution in [0.3, 0.4) is 0 Å². The van der Waals surface area contributed by atoms with Crippen molar-refractivity contribution < 1.29 is 17.9 Å². The molecule has 0 aliphatic carbocycles. The smallest absolute Gasteiger partial charge is 0.286 e. The monoisotopic (exact) mass is 475 g/mol. The molecule has 0 unspecified atom stereocenters. The summed E-state index contributed by atoms with van der Waals surface area (Å²) in [5.74, 6) is 0.860. The second-order valence-corrected chi connectivity index (χ2v) is 9.92. The fourth-order valence-electron chi connectivity index (χ4n) is 4.05. The summed E-state index contributed by atoms with van der Waals surface area (Å²) in [5, 5.41) is 3.11. The fraction of sp³-hybridized carbons (Fsp3) is 0.391. The van der Waals surface area contributed by atoms with Gasteiger partial charge in [-0.2, -0.15) is 8.42 Å². The number of hydrogen-bond donors (Lipinski definition) is 1. The Balaban J connectivity index is 1.61. The first-order valence-corrected chi connectivity index (χ1v) is 12.6. The SMILES string of the molecule is CCOc1ccc([C@H](C)NC(=O)c2cc3c(cc2Cl)N2CCCCCC2=NS3(=O)=O)cc1. The average molecular weight is 476 g/mol. The van der Waals surface area contributed by atoms with Gasteiger partial charge >= 0.3 is 0 Å². The Morgan fingerprint density at radius 3 is 2.69 bits per heavy atom. The second-order valence-electron chi connectivity index (χ2n) is 7.94. The van der Waals surface area contributed by atoms with E-state index in [4.69, 9.17) is 16.3 Å². The molecule has 0 spiro atoms. The first-order chi connectivity index (χ1) is 15.3. The van der Waals surface area contributed by atoms with Crippen LogP contribution in [0.2, 0.25) is 5.02 Å². The van der Waals surface area contributed by atoms with Gasteiger partial charge in [0.15, 0.2) is 0 Å². The minimum atomic E-state index is -3.90. The molecular weight excluding hydrogens is 450 g/mol. The zero-order chi connectivity index (χ0) is 22.9. The molecule has 1 N–H and O–H groups in total. The Morgan fingerprint density at radius 2 is 1.97 bits per heavy atom. The van der Waals surface area contributed by atoms with Crippen molar-refractivity contribution in [3.05, 3.63) is 52.5 Å². The van der Waals surface area contributed by atoms with Crippen LogP contribution in [-0.4, -0.2) is 33.3 Å². The number of ether oxygens (including phenoxy) is 1. The van der Waals surface area contributed by atoms with Crippen molar-refractivity contribution in [2.45, 2.75) is 50.5 Å². The van der Waals surface area contributed by atoms with E-state index in [0.717, 1.165) is 30.6 Å². The highest BCUT2D eigenvalue weighted by Crippen LogP contribution is 2.38. The van der Waals surface area contributed by atoms with E-state index in [9.17, 15) is 13.2 Å². The number of anilines is 1. The molecule has 1 amide bonds. The van der Waals surface area contributed by atoms with Gasteiger partial charge in [0.25, 0.3) is 15.9 Å². The quantitative estimate of drug-likeness (QED) is 0.676. The number of nitrogens with zero attached hydrogens (tertiary/aromatic N) is 2. The predicted octanol–water partition coefficient (Wildman–Crippen LogP) is 4.71. The van der Waals surface area contributed by atoms with E-state index < -0.39 is 15.9 Å². The van der Waals surface area contributed by atoms with Crippen LogP contribution in [0.25, 0.3) is 0 Å². The lowest BCUT2D eigenvalue weighted by atomic mass is 10.1. The molecule has 0 saturated carbocycles. The first kappa shape index (κ1) is 22.6. The number of benzene rings is 2. The molecule has 0 aromatic heterocycles. The first-order valence-electron chi connectivity index (χ1n) is 10.8. The van der Waals surface area contributed by atoms with E-state index in [1.807, 2.05) is 43.0 Å². The van der Waals surface area contributed by atoms with Crippen molar-refractivity contribution in [2.24, 2.45) is 4.40 Å². The Bertz CT molecular complexity index is 1160. The molecule has 0 radical (unpaired) electrons. The topological polar surface area (TPSA) is 88.1 Å². The van der Waals surface area contributed by atoms with Gasteiger partial charge in [-0.15, -0.1) is 4.40 Å². The minimum absolute atomic E-state index is 0.0198. The number of carbonyl (C=O) groups is 1. The number of amidine groups is 1. The summed E-state index contributed by atoms with van der Waals surface area (Å²) < 4.78 is 35.2. The van der Waals surface area contributed by atoms with Crippen LogP contribution in [0.5, 0.6) is 5.75 Å². The van der Waals surface area contributed by atoms with E-state index in [-0.39, 0.29) is 21.5 Å². The van der Waals surface area contributed by atoms with Crippen molar-refractivity contribution >= 4 is 39.1 Å². The molecule has 2 aromatic carbocycles. The van der Waals surface area contributed by atoms with E-state index in [0.29, 0.717) is 31.1 Å². The predicted molar refractivity (Wildman–Crippen MR) is 125 cm³/mol. The highest BCUT2D eigenvalue weighted by Gasteiger charge is 2.33. The highest BCUT2D eigenvalue weighted by atomic mass is 35.5.